The predicted octanol–water partition coefficient (Wildman–Crippen LogP) is 2.13. The number of rotatable bonds is 6. The van der Waals surface area contributed by atoms with Gasteiger partial charge in [0.15, 0.2) is 0 Å². The second-order valence-corrected chi connectivity index (χ2v) is 5.68. The molecule has 7 nitrogen and oxygen atoms in total. The molecular formula is C17H19NO6. The van der Waals surface area contributed by atoms with Crippen LogP contribution in [0.1, 0.15) is 30.6 Å². The fraction of sp³-hybridized carbons (Fsp3) is 0.353. The smallest absolute Gasteiger partial charge is 0.349 e. The zero-order valence-electron chi connectivity index (χ0n) is 13.7. The molecule has 24 heavy (non-hydrogen) atoms. The number of fused-ring (bicyclic) bond motifs is 1. The molecule has 0 atom stereocenters. The number of carbonyl (C=O) groups excluding carboxylic acids is 1. The summed E-state index contributed by atoms with van der Waals surface area (Å²) in [5.74, 6) is -1.02. The molecule has 7 heteroatoms. The fourth-order valence-corrected chi connectivity index (χ4v) is 2.16. The molecule has 0 aliphatic heterocycles. The first-order valence-corrected chi connectivity index (χ1v) is 7.49. The van der Waals surface area contributed by atoms with Crippen LogP contribution in [0.25, 0.3) is 11.0 Å². The van der Waals surface area contributed by atoms with E-state index >= 15 is 0 Å². The fourth-order valence-electron chi connectivity index (χ4n) is 2.16. The monoisotopic (exact) mass is 333 g/mol. The lowest BCUT2D eigenvalue weighted by Crippen LogP contribution is -2.32. The van der Waals surface area contributed by atoms with Crippen molar-refractivity contribution < 1.29 is 23.8 Å². The van der Waals surface area contributed by atoms with Crippen LogP contribution in [0.5, 0.6) is 5.75 Å². The van der Waals surface area contributed by atoms with E-state index in [-0.39, 0.29) is 24.6 Å². The van der Waals surface area contributed by atoms with Gasteiger partial charge < -0.3 is 19.2 Å². The van der Waals surface area contributed by atoms with E-state index in [1.807, 2.05) is 13.8 Å². The highest BCUT2D eigenvalue weighted by Gasteiger charge is 2.18. The average Bonchev–Trinajstić information content (AvgIpc) is 2.50. The molecule has 0 aliphatic carbocycles. The van der Waals surface area contributed by atoms with Gasteiger partial charge in [-0.1, -0.05) is 0 Å². The Balaban J connectivity index is 2.32. The van der Waals surface area contributed by atoms with Crippen molar-refractivity contribution in [3.05, 3.63) is 40.2 Å². The Morgan fingerprint density at radius 2 is 2.00 bits per heavy atom. The lowest BCUT2D eigenvalue weighted by molar-refractivity contribution is -0.137. The quantitative estimate of drug-likeness (QED) is 0.813. The van der Waals surface area contributed by atoms with Crippen molar-refractivity contribution in [2.24, 2.45) is 0 Å². The Morgan fingerprint density at radius 3 is 2.62 bits per heavy atom. The number of hydrogen-bond donors (Lipinski definition) is 1. The SMILES string of the molecule is CC(C)Oc1ccc2cc(C(=O)N(C)CCC(=O)O)c(=O)oc2c1. The van der Waals surface area contributed by atoms with Crippen molar-refractivity contribution in [2.75, 3.05) is 13.6 Å². The van der Waals surface area contributed by atoms with Crippen LogP contribution in [0.3, 0.4) is 0 Å². The summed E-state index contributed by atoms with van der Waals surface area (Å²) >= 11 is 0. The first kappa shape index (κ1) is 17.5. The van der Waals surface area contributed by atoms with E-state index in [0.29, 0.717) is 16.7 Å². The summed E-state index contributed by atoms with van der Waals surface area (Å²) in [5, 5.41) is 9.25. The van der Waals surface area contributed by atoms with Crippen LogP contribution < -0.4 is 10.4 Å². The Hall–Kier alpha value is -2.83. The molecule has 1 aromatic heterocycles. The summed E-state index contributed by atoms with van der Waals surface area (Å²) in [6.07, 6.45) is -0.213. The highest BCUT2D eigenvalue weighted by Crippen LogP contribution is 2.21. The first-order chi connectivity index (χ1) is 11.3. The van der Waals surface area contributed by atoms with Gasteiger partial charge in [0.1, 0.15) is 16.9 Å². The summed E-state index contributed by atoms with van der Waals surface area (Å²) in [6.45, 7) is 3.77. The number of nitrogens with zero attached hydrogens (tertiary/aromatic N) is 1. The molecular weight excluding hydrogens is 314 g/mol. The molecule has 2 aromatic rings. The standard InChI is InChI=1S/C17H19NO6/c1-10(2)23-12-5-4-11-8-13(17(22)24-14(11)9-12)16(21)18(3)7-6-15(19)20/h4-5,8-10H,6-7H2,1-3H3,(H,19,20). The van der Waals surface area contributed by atoms with Crippen molar-refractivity contribution in [3.8, 4) is 5.75 Å². The van der Waals surface area contributed by atoms with E-state index in [1.54, 1.807) is 18.2 Å². The van der Waals surface area contributed by atoms with E-state index in [0.717, 1.165) is 0 Å². The predicted molar refractivity (Wildman–Crippen MR) is 87.5 cm³/mol. The summed E-state index contributed by atoms with van der Waals surface area (Å²) in [5.41, 5.74) is -0.577. The maximum absolute atomic E-state index is 12.3. The third-order valence-corrected chi connectivity index (χ3v) is 3.32. The maximum atomic E-state index is 12.3. The second kappa shape index (κ2) is 7.16. The van der Waals surface area contributed by atoms with Crippen molar-refractivity contribution in [1.29, 1.82) is 0 Å². The number of amides is 1. The topological polar surface area (TPSA) is 97.0 Å². The van der Waals surface area contributed by atoms with Crippen LogP contribution >= 0.6 is 0 Å². The molecule has 0 radical (unpaired) electrons. The molecule has 0 bridgehead atoms. The molecule has 0 fully saturated rings. The summed E-state index contributed by atoms with van der Waals surface area (Å²) in [4.78, 5) is 36.1. The van der Waals surface area contributed by atoms with Gasteiger partial charge >= 0.3 is 11.6 Å². The van der Waals surface area contributed by atoms with Crippen LogP contribution in [0.4, 0.5) is 0 Å². The van der Waals surface area contributed by atoms with Gasteiger partial charge in [0.2, 0.25) is 0 Å². The number of carbonyl (C=O) groups is 2. The van der Waals surface area contributed by atoms with Gasteiger partial charge in [-0.25, -0.2) is 4.79 Å². The number of carboxylic acid groups (broad SMARTS) is 1. The molecule has 1 amide bonds. The van der Waals surface area contributed by atoms with Gasteiger partial charge in [-0.15, -0.1) is 0 Å². The lowest BCUT2D eigenvalue weighted by Gasteiger charge is -2.15. The van der Waals surface area contributed by atoms with Gasteiger partial charge in [0.05, 0.1) is 12.5 Å². The van der Waals surface area contributed by atoms with E-state index in [4.69, 9.17) is 14.3 Å². The van der Waals surface area contributed by atoms with Gasteiger partial charge in [0.25, 0.3) is 5.91 Å². The normalized spacial score (nSPS) is 10.8. The van der Waals surface area contributed by atoms with E-state index in [9.17, 15) is 14.4 Å². The van der Waals surface area contributed by atoms with Gasteiger partial charge in [-0.2, -0.15) is 0 Å². The number of hydrogen-bond acceptors (Lipinski definition) is 5. The minimum atomic E-state index is -1.02. The highest BCUT2D eigenvalue weighted by molar-refractivity contribution is 5.96. The Kier molecular flexibility index (Phi) is 5.23. The minimum absolute atomic E-state index is 0.00676. The molecule has 0 aliphatic rings. The van der Waals surface area contributed by atoms with Gasteiger partial charge in [0, 0.05) is 25.0 Å². The summed E-state index contributed by atoms with van der Waals surface area (Å²) in [7, 11) is 1.44. The van der Waals surface area contributed by atoms with Crippen molar-refractivity contribution >= 4 is 22.8 Å². The second-order valence-electron chi connectivity index (χ2n) is 5.68. The molecule has 0 spiro atoms. The average molecular weight is 333 g/mol. The molecule has 0 saturated carbocycles. The number of benzene rings is 1. The summed E-state index contributed by atoms with van der Waals surface area (Å²) < 4.78 is 10.8. The van der Waals surface area contributed by atoms with Crippen LogP contribution in [-0.4, -0.2) is 41.6 Å². The van der Waals surface area contributed by atoms with Crippen molar-refractivity contribution in [1.82, 2.24) is 4.90 Å². The number of ether oxygens (including phenoxy) is 1. The van der Waals surface area contributed by atoms with E-state index < -0.39 is 17.5 Å². The Morgan fingerprint density at radius 1 is 1.29 bits per heavy atom. The highest BCUT2D eigenvalue weighted by atomic mass is 16.5. The molecule has 2 rings (SSSR count). The van der Waals surface area contributed by atoms with E-state index in [2.05, 4.69) is 0 Å². The maximum Gasteiger partial charge on any atom is 0.349 e. The van der Waals surface area contributed by atoms with Crippen LogP contribution in [0, 0.1) is 0 Å². The third kappa shape index (κ3) is 4.13. The molecule has 1 aromatic carbocycles. The minimum Gasteiger partial charge on any atom is -0.491 e. The Bertz CT molecular complexity index is 823. The Labute approximate surface area is 138 Å². The molecule has 0 saturated heterocycles. The molecule has 128 valence electrons. The largest absolute Gasteiger partial charge is 0.491 e. The molecule has 1 heterocycles. The first-order valence-electron chi connectivity index (χ1n) is 7.49. The van der Waals surface area contributed by atoms with Crippen LogP contribution in [-0.2, 0) is 4.79 Å². The third-order valence-electron chi connectivity index (χ3n) is 3.32. The van der Waals surface area contributed by atoms with Crippen molar-refractivity contribution in [2.45, 2.75) is 26.4 Å². The zero-order chi connectivity index (χ0) is 17.9. The van der Waals surface area contributed by atoms with Crippen LogP contribution in [0.2, 0.25) is 0 Å². The molecule has 0 unspecified atom stereocenters. The summed E-state index contributed by atoms with van der Waals surface area (Å²) in [6, 6.07) is 6.47. The molecule has 1 N–H and O–H groups in total. The van der Waals surface area contributed by atoms with Gasteiger partial charge in [-0.05, 0) is 32.0 Å². The number of carboxylic acids is 1. The van der Waals surface area contributed by atoms with Crippen molar-refractivity contribution in [3.63, 3.8) is 0 Å². The van der Waals surface area contributed by atoms with Gasteiger partial charge in [-0.3, -0.25) is 9.59 Å². The lowest BCUT2D eigenvalue weighted by atomic mass is 10.1. The number of aliphatic carboxylic acids is 1. The van der Waals surface area contributed by atoms with E-state index in [1.165, 1.54) is 18.0 Å². The van der Waals surface area contributed by atoms with Crippen LogP contribution in [0.15, 0.2) is 33.5 Å². The zero-order valence-corrected chi connectivity index (χ0v) is 13.7.